The van der Waals surface area contributed by atoms with Gasteiger partial charge in [0.15, 0.2) is 0 Å². The first-order chi connectivity index (χ1) is 8.74. The van der Waals surface area contributed by atoms with Crippen LogP contribution in [0.3, 0.4) is 0 Å². The monoisotopic (exact) mass is 245 g/mol. The molecule has 2 saturated carbocycles. The number of phenols is 1. The van der Waals surface area contributed by atoms with Gasteiger partial charge in [0.25, 0.3) is 5.91 Å². The van der Waals surface area contributed by atoms with E-state index in [0.717, 1.165) is 18.4 Å². The number of hydrogen-bond donors (Lipinski definition) is 2. The van der Waals surface area contributed by atoms with Gasteiger partial charge in [-0.3, -0.25) is 4.79 Å². The SMILES string of the molecule is O=C(NCC(C1CC1)C1CC1)c1ccc(O)cc1. The van der Waals surface area contributed by atoms with Crippen molar-refractivity contribution in [1.29, 1.82) is 0 Å². The predicted molar refractivity (Wildman–Crippen MR) is 69.4 cm³/mol. The van der Waals surface area contributed by atoms with Crippen LogP contribution in [-0.2, 0) is 0 Å². The summed E-state index contributed by atoms with van der Waals surface area (Å²) in [5.74, 6) is 2.59. The van der Waals surface area contributed by atoms with Gasteiger partial charge in [0.1, 0.15) is 5.75 Å². The van der Waals surface area contributed by atoms with E-state index in [4.69, 9.17) is 0 Å². The number of aromatic hydroxyl groups is 1. The van der Waals surface area contributed by atoms with Crippen molar-refractivity contribution >= 4 is 5.91 Å². The maximum atomic E-state index is 12.0. The molecule has 0 unspecified atom stereocenters. The molecule has 18 heavy (non-hydrogen) atoms. The third-order valence-electron chi connectivity index (χ3n) is 4.08. The van der Waals surface area contributed by atoms with E-state index in [0.29, 0.717) is 11.5 Å². The maximum absolute atomic E-state index is 12.0. The summed E-state index contributed by atoms with van der Waals surface area (Å²) in [6.07, 6.45) is 5.37. The van der Waals surface area contributed by atoms with Crippen molar-refractivity contribution in [3.63, 3.8) is 0 Å². The summed E-state index contributed by atoms with van der Waals surface area (Å²) in [5, 5.41) is 12.2. The van der Waals surface area contributed by atoms with Crippen LogP contribution in [0.2, 0.25) is 0 Å². The molecule has 0 heterocycles. The molecule has 0 aromatic heterocycles. The first-order valence-corrected chi connectivity index (χ1v) is 6.81. The summed E-state index contributed by atoms with van der Waals surface area (Å²) in [6.45, 7) is 0.815. The van der Waals surface area contributed by atoms with Crippen LogP contribution < -0.4 is 5.32 Å². The van der Waals surface area contributed by atoms with Crippen molar-refractivity contribution in [2.75, 3.05) is 6.54 Å². The molecule has 3 rings (SSSR count). The molecule has 1 aromatic rings. The molecule has 0 atom stereocenters. The largest absolute Gasteiger partial charge is 0.508 e. The van der Waals surface area contributed by atoms with E-state index in [1.54, 1.807) is 24.3 Å². The average Bonchev–Trinajstić information content (AvgIpc) is 3.24. The van der Waals surface area contributed by atoms with Gasteiger partial charge in [-0.15, -0.1) is 0 Å². The van der Waals surface area contributed by atoms with Crippen molar-refractivity contribution < 1.29 is 9.90 Å². The van der Waals surface area contributed by atoms with E-state index in [9.17, 15) is 9.90 Å². The van der Waals surface area contributed by atoms with Gasteiger partial charge in [0.05, 0.1) is 0 Å². The van der Waals surface area contributed by atoms with Crippen molar-refractivity contribution in [3.8, 4) is 5.75 Å². The van der Waals surface area contributed by atoms with Crippen LogP contribution in [0.25, 0.3) is 0 Å². The second-order valence-corrected chi connectivity index (χ2v) is 5.60. The Labute approximate surface area is 107 Å². The summed E-state index contributed by atoms with van der Waals surface area (Å²) in [7, 11) is 0. The summed E-state index contributed by atoms with van der Waals surface area (Å²) in [6, 6.07) is 6.42. The molecule has 0 bridgehead atoms. The van der Waals surface area contributed by atoms with Gasteiger partial charge >= 0.3 is 0 Å². The molecule has 1 aromatic carbocycles. The Morgan fingerprint density at radius 3 is 2.22 bits per heavy atom. The Bertz CT molecular complexity index is 420. The first-order valence-electron chi connectivity index (χ1n) is 6.81. The van der Waals surface area contributed by atoms with E-state index in [1.807, 2.05) is 0 Å². The van der Waals surface area contributed by atoms with Crippen LogP contribution in [0.5, 0.6) is 5.75 Å². The highest BCUT2D eigenvalue weighted by Crippen LogP contribution is 2.48. The van der Waals surface area contributed by atoms with E-state index < -0.39 is 0 Å². The minimum absolute atomic E-state index is 0.0266. The first kappa shape index (κ1) is 11.6. The number of nitrogens with one attached hydrogen (secondary N) is 1. The molecular formula is C15H19NO2. The average molecular weight is 245 g/mol. The Hall–Kier alpha value is -1.51. The van der Waals surface area contributed by atoms with Gasteiger partial charge in [-0.1, -0.05) is 0 Å². The summed E-state index contributed by atoms with van der Waals surface area (Å²) in [4.78, 5) is 12.0. The fourth-order valence-electron chi connectivity index (χ4n) is 2.69. The number of hydrogen-bond acceptors (Lipinski definition) is 2. The number of amides is 1. The smallest absolute Gasteiger partial charge is 0.251 e. The molecule has 1 amide bonds. The third kappa shape index (κ3) is 2.66. The summed E-state index contributed by atoms with van der Waals surface area (Å²) in [5.41, 5.74) is 0.623. The maximum Gasteiger partial charge on any atom is 0.251 e. The van der Waals surface area contributed by atoms with Gasteiger partial charge < -0.3 is 10.4 Å². The lowest BCUT2D eigenvalue weighted by molar-refractivity contribution is 0.0943. The van der Waals surface area contributed by atoms with Gasteiger partial charge in [-0.25, -0.2) is 0 Å². The van der Waals surface area contributed by atoms with Gasteiger partial charge in [0, 0.05) is 12.1 Å². The fourth-order valence-corrected chi connectivity index (χ4v) is 2.69. The molecule has 0 aliphatic heterocycles. The predicted octanol–water partition coefficient (Wildman–Crippen LogP) is 2.56. The molecule has 2 N–H and O–H groups in total. The van der Waals surface area contributed by atoms with Crippen molar-refractivity contribution in [1.82, 2.24) is 5.32 Å². The van der Waals surface area contributed by atoms with E-state index in [1.165, 1.54) is 25.7 Å². The normalized spacial score (nSPS) is 18.9. The van der Waals surface area contributed by atoms with Gasteiger partial charge in [-0.05, 0) is 67.7 Å². The number of carbonyl (C=O) groups excluding carboxylic acids is 1. The van der Waals surface area contributed by atoms with Crippen LogP contribution in [0.15, 0.2) is 24.3 Å². The molecular weight excluding hydrogens is 226 g/mol. The highest BCUT2D eigenvalue weighted by molar-refractivity contribution is 5.94. The lowest BCUT2D eigenvalue weighted by Gasteiger charge is -2.16. The standard InChI is InChI=1S/C15H19NO2/c17-13-7-5-12(6-8-13)15(18)16-9-14(10-1-2-10)11-3-4-11/h5-8,10-11,14,17H,1-4,9H2,(H,16,18). The van der Waals surface area contributed by atoms with Gasteiger partial charge in [-0.2, -0.15) is 0 Å². The number of phenolic OH excluding ortho intramolecular Hbond substituents is 1. The quantitative estimate of drug-likeness (QED) is 0.837. The zero-order chi connectivity index (χ0) is 12.5. The minimum Gasteiger partial charge on any atom is -0.508 e. The Morgan fingerprint density at radius 1 is 1.17 bits per heavy atom. The third-order valence-corrected chi connectivity index (χ3v) is 4.08. The van der Waals surface area contributed by atoms with Crippen molar-refractivity contribution in [3.05, 3.63) is 29.8 Å². The van der Waals surface area contributed by atoms with Crippen LogP contribution in [0.1, 0.15) is 36.0 Å². The van der Waals surface area contributed by atoms with E-state index in [-0.39, 0.29) is 11.7 Å². The van der Waals surface area contributed by atoms with Crippen LogP contribution in [-0.4, -0.2) is 17.6 Å². The van der Waals surface area contributed by atoms with Crippen LogP contribution in [0.4, 0.5) is 0 Å². The zero-order valence-electron chi connectivity index (χ0n) is 10.4. The molecule has 2 aliphatic rings. The Kier molecular flexibility index (Phi) is 2.98. The topological polar surface area (TPSA) is 49.3 Å². The molecule has 0 spiro atoms. The fraction of sp³-hybridized carbons (Fsp3) is 0.533. The molecule has 2 aliphatic carbocycles. The number of rotatable bonds is 5. The molecule has 0 radical (unpaired) electrons. The number of benzene rings is 1. The molecule has 96 valence electrons. The highest BCUT2D eigenvalue weighted by atomic mass is 16.3. The highest BCUT2D eigenvalue weighted by Gasteiger charge is 2.41. The van der Waals surface area contributed by atoms with Crippen molar-refractivity contribution in [2.24, 2.45) is 17.8 Å². The van der Waals surface area contributed by atoms with E-state index in [2.05, 4.69) is 5.32 Å². The minimum atomic E-state index is -0.0266. The van der Waals surface area contributed by atoms with Crippen LogP contribution in [0, 0.1) is 17.8 Å². The second kappa shape index (κ2) is 4.63. The summed E-state index contributed by atoms with van der Waals surface area (Å²) < 4.78 is 0. The lowest BCUT2D eigenvalue weighted by Crippen LogP contribution is -2.31. The Morgan fingerprint density at radius 2 is 1.72 bits per heavy atom. The molecule has 3 nitrogen and oxygen atoms in total. The number of carbonyl (C=O) groups is 1. The Balaban J connectivity index is 1.55. The van der Waals surface area contributed by atoms with Crippen molar-refractivity contribution in [2.45, 2.75) is 25.7 Å². The molecule has 2 fully saturated rings. The van der Waals surface area contributed by atoms with Gasteiger partial charge in [0.2, 0.25) is 0 Å². The van der Waals surface area contributed by atoms with Crippen LogP contribution >= 0.6 is 0 Å². The summed E-state index contributed by atoms with van der Waals surface area (Å²) >= 11 is 0. The zero-order valence-corrected chi connectivity index (χ0v) is 10.4. The van der Waals surface area contributed by atoms with E-state index >= 15 is 0 Å². The molecule has 3 heteroatoms. The molecule has 0 saturated heterocycles. The lowest BCUT2D eigenvalue weighted by atomic mass is 9.98. The second-order valence-electron chi connectivity index (χ2n) is 5.60.